The monoisotopic (exact) mass is 308 g/mol. The standard InChI is InChI=1S/C22H16N2/c1-14-11-15(2)13-17(12-14)22-21-16(9-10-24-22)7-8-18-19(21)5-4-6-20(18)23-3/h4-13H,1-2H3. The highest BCUT2D eigenvalue weighted by Crippen LogP contribution is 2.36. The van der Waals surface area contributed by atoms with Crippen molar-refractivity contribution in [3.05, 3.63) is 83.3 Å². The van der Waals surface area contributed by atoms with Crippen molar-refractivity contribution in [1.82, 2.24) is 4.98 Å². The summed E-state index contributed by atoms with van der Waals surface area (Å²) in [6, 6.07) is 18.6. The molecule has 0 atom stereocenters. The number of rotatable bonds is 1. The van der Waals surface area contributed by atoms with Gasteiger partial charge in [0.25, 0.3) is 0 Å². The summed E-state index contributed by atoms with van der Waals surface area (Å²) in [6.45, 7) is 11.6. The van der Waals surface area contributed by atoms with Crippen LogP contribution in [0.3, 0.4) is 0 Å². The summed E-state index contributed by atoms with van der Waals surface area (Å²) in [5, 5.41) is 4.33. The number of nitrogens with zero attached hydrogens (tertiary/aromatic N) is 2. The number of aromatic nitrogens is 1. The van der Waals surface area contributed by atoms with E-state index >= 15 is 0 Å². The Kier molecular flexibility index (Phi) is 3.29. The molecule has 1 heterocycles. The minimum Gasteiger partial charge on any atom is -0.256 e. The molecule has 2 nitrogen and oxygen atoms in total. The van der Waals surface area contributed by atoms with Gasteiger partial charge in [0.2, 0.25) is 0 Å². The van der Waals surface area contributed by atoms with E-state index in [4.69, 9.17) is 6.57 Å². The van der Waals surface area contributed by atoms with Gasteiger partial charge in [-0.05, 0) is 48.2 Å². The first kappa shape index (κ1) is 14.4. The molecule has 114 valence electrons. The van der Waals surface area contributed by atoms with Gasteiger partial charge < -0.3 is 0 Å². The van der Waals surface area contributed by atoms with Gasteiger partial charge in [-0.15, -0.1) is 0 Å². The fourth-order valence-corrected chi connectivity index (χ4v) is 3.45. The third-order valence-corrected chi connectivity index (χ3v) is 4.38. The first-order valence-corrected chi connectivity index (χ1v) is 7.94. The van der Waals surface area contributed by atoms with E-state index in [-0.39, 0.29) is 0 Å². The van der Waals surface area contributed by atoms with Gasteiger partial charge in [0.15, 0.2) is 5.69 Å². The summed E-state index contributed by atoms with van der Waals surface area (Å²) >= 11 is 0. The lowest BCUT2D eigenvalue weighted by atomic mass is 9.96. The van der Waals surface area contributed by atoms with E-state index in [0.29, 0.717) is 5.69 Å². The molecule has 3 aromatic carbocycles. The topological polar surface area (TPSA) is 17.2 Å². The van der Waals surface area contributed by atoms with Crippen LogP contribution in [0, 0.1) is 20.4 Å². The zero-order chi connectivity index (χ0) is 16.7. The summed E-state index contributed by atoms with van der Waals surface area (Å²) in [4.78, 5) is 8.35. The Morgan fingerprint density at radius 2 is 1.67 bits per heavy atom. The minimum atomic E-state index is 0.685. The minimum absolute atomic E-state index is 0.685. The van der Waals surface area contributed by atoms with Gasteiger partial charge in [0, 0.05) is 17.1 Å². The molecule has 0 saturated heterocycles. The van der Waals surface area contributed by atoms with Crippen LogP contribution in [0.25, 0.3) is 37.6 Å². The number of hydrogen-bond acceptors (Lipinski definition) is 1. The van der Waals surface area contributed by atoms with Crippen molar-refractivity contribution in [3.63, 3.8) is 0 Å². The second kappa shape index (κ2) is 5.47. The van der Waals surface area contributed by atoms with Crippen LogP contribution in [-0.4, -0.2) is 4.98 Å². The lowest BCUT2D eigenvalue weighted by Gasteiger charge is -2.11. The molecule has 0 aliphatic carbocycles. The summed E-state index contributed by atoms with van der Waals surface area (Å²) < 4.78 is 0. The molecule has 0 N–H and O–H groups in total. The van der Waals surface area contributed by atoms with Crippen LogP contribution in [0.4, 0.5) is 5.69 Å². The predicted molar refractivity (Wildman–Crippen MR) is 100 cm³/mol. The molecule has 0 spiro atoms. The summed E-state index contributed by atoms with van der Waals surface area (Å²) in [6.07, 6.45) is 1.86. The Morgan fingerprint density at radius 3 is 2.42 bits per heavy atom. The maximum atomic E-state index is 7.42. The average molecular weight is 308 g/mol. The fraction of sp³-hybridized carbons (Fsp3) is 0.0909. The molecule has 0 aliphatic heterocycles. The second-order valence-electron chi connectivity index (χ2n) is 6.18. The van der Waals surface area contributed by atoms with Crippen molar-refractivity contribution in [2.24, 2.45) is 0 Å². The number of benzene rings is 3. The molecule has 0 aliphatic rings. The van der Waals surface area contributed by atoms with Crippen molar-refractivity contribution in [1.29, 1.82) is 0 Å². The molecule has 0 radical (unpaired) electrons. The SMILES string of the molecule is [C-]#[N+]c1cccc2c1ccc1ccnc(-c3cc(C)cc(C)c3)c12. The van der Waals surface area contributed by atoms with E-state index in [1.807, 2.05) is 30.5 Å². The second-order valence-corrected chi connectivity index (χ2v) is 6.18. The Hall–Kier alpha value is -3.18. The van der Waals surface area contributed by atoms with Crippen LogP contribution in [0.1, 0.15) is 11.1 Å². The van der Waals surface area contributed by atoms with Gasteiger partial charge in [-0.2, -0.15) is 0 Å². The predicted octanol–water partition coefficient (Wildman–Crippen LogP) is 6.22. The smallest absolute Gasteiger partial charge is 0.194 e. The van der Waals surface area contributed by atoms with Crippen LogP contribution < -0.4 is 0 Å². The van der Waals surface area contributed by atoms with Gasteiger partial charge in [0.05, 0.1) is 12.3 Å². The molecule has 4 rings (SSSR count). The van der Waals surface area contributed by atoms with Crippen LogP contribution >= 0.6 is 0 Å². The third-order valence-electron chi connectivity index (χ3n) is 4.38. The van der Waals surface area contributed by atoms with Crippen molar-refractivity contribution >= 4 is 27.2 Å². The molecule has 0 unspecified atom stereocenters. The number of fused-ring (bicyclic) bond motifs is 3. The Labute approximate surface area is 141 Å². The molecular formula is C22H16N2. The van der Waals surface area contributed by atoms with Gasteiger partial charge in [-0.3, -0.25) is 4.98 Å². The van der Waals surface area contributed by atoms with Crippen LogP contribution in [0.15, 0.2) is 60.8 Å². The van der Waals surface area contributed by atoms with E-state index in [9.17, 15) is 0 Å². The number of pyridine rings is 1. The van der Waals surface area contributed by atoms with Gasteiger partial charge in [0.1, 0.15) is 0 Å². The Bertz CT molecular complexity index is 1110. The van der Waals surface area contributed by atoms with Gasteiger partial charge in [-0.25, -0.2) is 4.85 Å². The number of hydrogen-bond donors (Lipinski definition) is 0. The van der Waals surface area contributed by atoms with Crippen molar-refractivity contribution in [2.45, 2.75) is 13.8 Å². The van der Waals surface area contributed by atoms with E-state index in [0.717, 1.165) is 32.8 Å². The third kappa shape index (κ3) is 2.23. The van der Waals surface area contributed by atoms with Crippen molar-refractivity contribution in [3.8, 4) is 11.3 Å². The zero-order valence-corrected chi connectivity index (χ0v) is 13.7. The molecule has 4 aromatic rings. The quantitative estimate of drug-likeness (QED) is 0.301. The largest absolute Gasteiger partial charge is 0.256 e. The van der Waals surface area contributed by atoms with Crippen LogP contribution in [-0.2, 0) is 0 Å². The molecule has 0 saturated carbocycles. The summed E-state index contributed by atoms with van der Waals surface area (Å²) in [5.41, 5.74) is 5.24. The van der Waals surface area contributed by atoms with E-state index < -0.39 is 0 Å². The van der Waals surface area contributed by atoms with E-state index in [2.05, 4.69) is 54.0 Å². The summed E-state index contributed by atoms with van der Waals surface area (Å²) in [7, 11) is 0. The van der Waals surface area contributed by atoms with Crippen molar-refractivity contribution in [2.75, 3.05) is 0 Å². The molecule has 24 heavy (non-hydrogen) atoms. The van der Waals surface area contributed by atoms with E-state index in [1.165, 1.54) is 11.1 Å². The summed E-state index contributed by atoms with van der Waals surface area (Å²) in [5.74, 6) is 0. The number of aryl methyl sites for hydroxylation is 2. The van der Waals surface area contributed by atoms with E-state index in [1.54, 1.807) is 0 Å². The lowest BCUT2D eigenvalue weighted by Crippen LogP contribution is -1.89. The first-order chi connectivity index (χ1) is 11.7. The van der Waals surface area contributed by atoms with Crippen molar-refractivity contribution < 1.29 is 0 Å². The van der Waals surface area contributed by atoms with Crippen LogP contribution in [0.2, 0.25) is 0 Å². The van der Waals surface area contributed by atoms with Gasteiger partial charge >= 0.3 is 0 Å². The first-order valence-electron chi connectivity index (χ1n) is 7.94. The molecule has 0 bridgehead atoms. The average Bonchev–Trinajstić information content (AvgIpc) is 2.59. The molecular weight excluding hydrogens is 292 g/mol. The highest BCUT2D eigenvalue weighted by molar-refractivity contribution is 6.16. The Morgan fingerprint density at radius 1 is 0.875 bits per heavy atom. The molecule has 2 heteroatoms. The zero-order valence-electron chi connectivity index (χ0n) is 13.7. The maximum Gasteiger partial charge on any atom is 0.194 e. The fourth-order valence-electron chi connectivity index (χ4n) is 3.45. The lowest BCUT2D eigenvalue weighted by molar-refractivity contribution is 1.33. The highest BCUT2D eigenvalue weighted by Gasteiger charge is 2.11. The highest BCUT2D eigenvalue weighted by atomic mass is 14.7. The maximum absolute atomic E-state index is 7.42. The molecule has 0 fully saturated rings. The van der Waals surface area contributed by atoms with Crippen LogP contribution in [0.5, 0.6) is 0 Å². The van der Waals surface area contributed by atoms with Gasteiger partial charge in [-0.1, -0.05) is 47.5 Å². The molecule has 1 aromatic heterocycles. The Balaban J connectivity index is 2.17. The molecule has 0 amide bonds. The normalized spacial score (nSPS) is 10.9.